The maximum absolute atomic E-state index is 11.4. The predicted molar refractivity (Wildman–Crippen MR) is 59.9 cm³/mol. The Bertz CT molecular complexity index is 298. The Morgan fingerprint density at radius 1 is 1.18 bits per heavy atom. The van der Waals surface area contributed by atoms with Crippen LogP contribution in [0.5, 0.6) is 0 Å². The smallest absolute Gasteiger partial charge is 0.318 e. The lowest BCUT2D eigenvalue weighted by Crippen LogP contribution is -2.37. The number of hydrogen-bond donors (Lipinski definition) is 2. The van der Waals surface area contributed by atoms with Crippen LogP contribution in [0.4, 0.5) is 4.79 Å². The zero-order chi connectivity index (χ0) is 12.7. The SMILES string of the molecule is NC(=O)NC(=O)COC(=O)CC1CCCCC1. The topological polar surface area (TPSA) is 98.5 Å². The van der Waals surface area contributed by atoms with E-state index in [1.807, 2.05) is 5.32 Å². The number of carbonyl (C=O) groups excluding carboxylic acids is 3. The minimum absolute atomic E-state index is 0.351. The lowest BCUT2D eigenvalue weighted by atomic mass is 9.87. The number of esters is 1. The third kappa shape index (κ3) is 5.89. The summed E-state index contributed by atoms with van der Waals surface area (Å²) in [5.41, 5.74) is 4.74. The van der Waals surface area contributed by atoms with E-state index in [2.05, 4.69) is 0 Å². The van der Waals surface area contributed by atoms with Gasteiger partial charge in [0, 0.05) is 6.42 Å². The number of hydrogen-bond acceptors (Lipinski definition) is 4. The Hall–Kier alpha value is -1.59. The summed E-state index contributed by atoms with van der Waals surface area (Å²) in [5.74, 6) is -0.721. The first kappa shape index (κ1) is 13.5. The van der Waals surface area contributed by atoms with Crippen molar-refractivity contribution in [2.75, 3.05) is 6.61 Å². The third-order valence-electron chi connectivity index (χ3n) is 2.81. The van der Waals surface area contributed by atoms with Gasteiger partial charge >= 0.3 is 12.0 Å². The van der Waals surface area contributed by atoms with Gasteiger partial charge in [-0.15, -0.1) is 0 Å². The number of urea groups is 1. The molecule has 3 N–H and O–H groups in total. The van der Waals surface area contributed by atoms with Crippen molar-refractivity contribution in [2.24, 2.45) is 11.7 Å². The van der Waals surface area contributed by atoms with Gasteiger partial charge in [-0.1, -0.05) is 19.3 Å². The molecule has 0 unspecified atom stereocenters. The summed E-state index contributed by atoms with van der Waals surface area (Å²) in [6, 6.07) is -0.946. The highest BCUT2D eigenvalue weighted by atomic mass is 16.5. The van der Waals surface area contributed by atoms with Crippen molar-refractivity contribution < 1.29 is 19.1 Å². The maximum atomic E-state index is 11.4. The summed E-state index contributed by atoms with van der Waals surface area (Å²) < 4.78 is 4.75. The van der Waals surface area contributed by atoms with Crippen molar-refractivity contribution in [2.45, 2.75) is 38.5 Å². The van der Waals surface area contributed by atoms with Crippen LogP contribution in [0.2, 0.25) is 0 Å². The molecule has 0 bridgehead atoms. The highest BCUT2D eigenvalue weighted by Gasteiger charge is 2.18. The number of nitrogens with two attached hydrogens (primary N) is 1. The number of amides is 3. The van der Waals surface area contributed by atoms with Crippen LogP contribution in [-0.2, 0) is 14.3 Å². The summed E-state index contributed by atoms with van der Waals surface area (Å²) in [5, 5.41) is 1.82. The van der Waals surface area contributed by atoms with Crippen LogP contribution in [0.15, 0.2) is 0 Å². The van der Waals surface area contributed by atoms with E-state index >= 15 is 0 Å². The fraction of sp³-hybridized carbons (Fsp3) is 0.727. The lowest BCUT2D eigenvalue weighted by molar-refractivity contribution is -0.149. The second-order valence-corrected chi connectivity index (χ2v) is 4.28. The van der Waals surface area contributed by atoms with Gasteiger partial charge in [0.15, 0.2) is 6.61 Å². The normalized spacial score (nSPS) is 16.2. The number of carbonyl (C=O) groups is 3. The van der Waals surface area contributed by atoms with Crippen LogP contribution in [-0.4, -0.2) is 24.5 Å². The molecule has 1 aliphatic rings. The van der Waals surface area contributed by atoms with Gasteiger partial charge in [0.25, 0.3) is 5.91 Å². The summed E-state index contributed by atoms with van der Waals surface area (Å²) in [4.78, 5) is 32.7. The highest BCUT2D eigenvalue weighted by molar-refractivity contribution is 5.94. The lowest BCUT2D eigenvalue weighted by Gasteiger charge is -2.20. The van der Waals surface area contributed by atoms with Crippen molar-refractivity contribution in [3.63, 3.8) is 0 Å². The van der Waals surface area contributed by atoms with E-state index in [1.54, 1.807) is 0 Å². The van der Waals surface area contributed by atoms with E-state index in [0.29, 0.717) is 12.3 Å². The Morgan fingerprint density at radius 2 is 1.82 bits per heavy atom. The van der Waals surface area contributed by atoms with E-state index in [9.17, 15) is 14.4 Å². The molecule has 0 aromatic heterocycles. The van der Waals surface area contributed by atoms with Crippen LogP contribution in [0, 0.1) is 5.92 Å². The van der Waals surface area contributed by atoms with Crippen molar-refractivity contribution in [3.8, 4) is 0 Å². The molecule has 1 fully saturated rings. The minimum Gasteiger partial charge on any atom is -0.456 e. The molecular weight excluding hydrogens is 224 g/mol. The first-order valence-electron chi connectivity index (χ1n) is 5.83. The van der Waals surface area contributed by atoms with Crippen LogP contribution >= 0.6 is 0 Å². The average molecular weight is 242 g/mol. The number of nitrogens with one attached hydrogen (secondary N) is 1. The van der Waals surface area contributed by atoms with Crippen molar-refractivity contribution >= 4 is 17.9 Å². The fourth-order valence-corrected chi connectivity index (χ4v) is 2.01. The zero-order valence-corrected chi connectivity index (χ0v) is 9.74. The van der Waals surface area contributed by atoms with Crippen LogP contribution in [0.25, 0.3) is 0 Å². The highest BCUT2D eigenvalue weighted by Crippen LogP contribution is 2.26. The molecule has 3 amide bonds. The van der Waals surface area contributed by atoms with E-state index in [1.165, 1.54) is 6.42 Å². The van der Waals surface area contributed by atoms with Gasteiger partial charge in [-0.3, -0.25) is 14.9 Å². The van der Waals surface area contributed by atoms with E-state index in [4.69, 9.17) is 10.5 Å². The predicted octanol–water partition coefficient (Wildman–Crippen LogP) is 0.695. The van der Waals surface area contributed by atoms with Crippen molar-refractivity contribution in [1.29, 1.82) is 0 Å². The number of ether oxygens (including phenoxy) is 1. The second-order valence-electron chi connectivity index (χ2n) is 4.28. The number of imide groups is 1. The Balaban J connectivity index is 2.16. The molecule has 1 saturated carbocycles. The fourth-order valence-electron chi connectivity index (χ4n) is 2.01. The van der Waals surface area contributed by atoms with Gasteiger partial charge in [0.05, 0.1) is 0 Å². The Morgan fingerprint density at radius 3 is 2.41 bits per heavy atom. The minimum atomic E-state index is -0.946. The molecule has 96 valence electrons. The molecule has 1 aliphatic carbocycles. The molecule has 17 heavy (non-hydrogen) atoms. The van der Waals surface area contributed by atoms with Gasteiger partial charge in [-0.05, 0) is 18.8 Å². The van der Waals surface area contributed by atoms with Crippen molar-refractivity contribution in [3.05, 3.63) is 0 Å². The first-order chi connectivity index (χ1) is 8.08. The molecule has 1 rings (SSSR count). The van der Waals surface area contributed by atoms with Gasteiger partial charge in [-0.2, -0.15) is 0 Å². The monoisotopic (exact) mass is 242 g/mol. The van der Waals surface area contributed by atoms with Crippen LogP contribution in [0.3, 0.4) is 0 Å². The molecule has 0 aliphatic heterocycles. The van der Waals surface area contributed by atoms with Crippen LogP contribution < -0.4 is 11.1 Å². The van der Waals surface area contributed by atoms with E-state index in [0.717, 1.165) is 25.7 Å². The summed E-state index contributed by atoms with van der Waals surface area (Å²) in [6.45, 7) is -0.450. The quantitative estimate of drug-likeness (QED) is 0.709. The Kier molecular flexibility index (Phi) is 5.45. The third-order valence-corrected chi connectivity index (χ3v) is 2.81. The molecule has 0 heterocycles. The molecule has 0 aromatic rings. The summed E-state index contributed by atoms with van der Waals surface area (Å²) in [6.07, 6.45) is 5.97. The van der Waals surface area contributed by atoms with Gasteiger partial charge in [0.2, 0.25) is 0 Å². The summed E-state index contributed by atoms with van der Waals surface area (Å²) in [7, 11) is 0. The van der Waals surface area contributed by atoms with Gasteiger partial charge in [-0.25, -0.2) is 4.79 Å². The van der Waals surface area contributed by atoms with Gasteiger partial charge in [0.1, 0.15) is 0 Å². The van der Waals surface area contributed by atoms with Gasteiger partial charge < -0.3 is 10.5 Å². The standard InChI is InChI=1S/C11H18N2O4/c12-11(16)13-9(14)7-17-10(15)6-8-4-2-1-3-5-8/h8H,1-7H2,(H3,12,13,14,16). The number of rotatable bonds is 4. The Labute approximate surface area is 99.9 Å². The molecule has 6 nitrogen and oxygen atoms in total. The molecule has 0 atom stereocenters. The molecule has 0 radical (unpaired) electrons. The molecule has 6 heteroatoms. The van der Waals surface area contributed by atoms with E-state index in [-0.39, 0.29) is 0 Å². The number of primary amides is 1. The molecule has 0 saturated heterocycles. The molecule has 0 spiro atoms. The van der Waals surface area contributed by atoms with Crippen LogP contribution in [0.1, 0.15) is 38.5 Å². The van der Waals surface area contributed by atoms with Crippen molar-refractivity contribution in [1.82, 2.24) is 5.32 Å². The zero-order valence-electron chi connectivity index (χ0n) is 9.74. The second kappa shape index (κ2) is 6.88. The summed E-state index contributed by atoms with van der Waals surface area (Å²) >= 11 is 0. The molecule has 0 aromatic carbocycles. The first-order valence-corrected chi connectivity index (χ1v) is 5.83. The van der Waals surface area contributed by atoms with E-state index < -0.39 is 24.5 Å². The maximum Gasteiger partial charge on any atom is 0.318 e. The molecular formula is C11H18N2O4. The largest absolute Gasteiger partial charge is 0.456 e. The average Bonchev–Trinajstić information content (AvgIpc) is 2.27.